The maximum atomic E-state index is 12.7. The summed E-state index contributed by atoms with van der Waals surface area (Å²) in [5, 5.41) is 11.1. The zero-order valence-electron chi connectivity index (χ0n) is 16.0. The molecule has 3 amide bonds. The number of nitrogens with one attached hydrogen (secondary N) is 3. The Hall–Kier alpha value is -3.43. The molecule has 0 radical (unpaired) electrons. The summed E-state index contributed by atoms with van der Waals surface area (Å²) >= 11 is 2.97. The number of hydrogen-bond donors (Lipinski definition) is 3. The first-order valence-corrected chi connectivity index (χ1v) is 10.8. The third kappa shape index (κ3) is 4.76. The van der Waals surface area contributed by atoms with Crippen molar-refractivity contribution in [3.63, 3.8) is 0 Å². The minimum atomic E-state index is -0.343. The highest BCUT2D eigenvalue weighted by Gasteiger charge is 2.17. The smallest absolute Gasteiger partial charge is 0.319 e. The molecule has 9 heteroatoms. The van der Waals surface area contributed by atoms with Gasteiger partial charge in [0.05, 0.1) is 23.4 Å². The highest BCUT2D eigenvalue weighted by atomic mass is 32.1. The van der Waals surface area contributed by atoms with E-state index in [0.717, 1.165) is 9.88 Å². The van der Waals surface area contributed by atoms with E-state index in [1.54, 1.807) is 54.0 Å². The predicted molar refractivity (Wildman–Crippen MR) is 119 cm³/mol. The van der Waals surface area contributed by atoms with Crippen LogP contribution in [0.3, 0.4) is 0 Å². The normalized spacial score (nSPS) is 10.6. The van der Waals surface area contributed by atoms with E-state index < -0.39 is 0 Å². The van der Waals surface area contributed by atoms with Crippen molar-refractivity contribution in [3.05, 3.63) is 76.5 Å². The van der Waals surface area contributed by atoms with Crippen molar-refractivity contribution in [1.29, 1.82) is 0 Å². The summed E-state index contributed by atoms with van der Waals surface area (Å²) in [6.45, 7) is 2.13. The molecule has 30 heavy (non-hydrogen) atoms. The first-order chi connectivity index (χ1) is 14.6. The second kappa shape index (κ2) is 8.93. The van der Waals surface area contributed by atoms with E-state index >= 15 is 0 Å². The van der Waals surface area contributed by atoms with Crippen LogP contribution in [0, 0.1) is 6.92 Å². The standard InChI is InChI=1S/C21H18N4O3S2/c1-13-18(30-20(23-13)17-5-3-11-29-17)19(26)24-14-6-8-15(9-7-14)25-21(27)22-12-16-4-2-10-28-16/h2-11H,12H2,1H3,(H,24,26)(H2,22,25,27). The minimum Gasteiger partial charge on any atom is -0.467 e. The second-order valence-corrected chi connectivity index (χ2v) is 8.28. The third-order valence-corrected chi connectivity index (χ3v) is 6.33. The SMILES string of the molecule is Cc1nc(-c2cccs2)sc1C(=O)Nc1ccc(NC(=O)NCc2ccco2)cc1. The number of rotatable bonds is 6. The van der Waals surface area contributed by atoms with E-state index in [0.29, 0.717) is 34.3 Å². The van der Waals surface area contributed by atoms with Gasteiger partial charge in [0.15, 0.2) is 0 Å². The van der Waals surface area contributed by atoms with Gasteiger partial charge in [-0.25, -0.2) is 9.78 Å². The van der Waals surface area contributed by atoms with Crippen LogP contribution in [0.25, 0.3) is 9.88 Å². The molecule has 3 aromatic heterocycles. The van der Waals surface area contributed by atoms with Gasteiger partial charge in [-0.3, -0.25) is 4.79 Å². The Labute approximate surface area is 180 Å². The first-order valence-electron chi connectivity index (χ1n) is 9.08. The van der Waals surface area contributed by atoms with Crippen molar-refractivity contribution in [1.82, 2.24) is 10.3 Å². The maximum absolute atomic E-state index is 12.7. The van der Waals surface area contributed by atoms with Gasteiger partial charge in [-0.05, 0) is 54.8 Å². The molecule has 0 fully saturated rings. The molecule has 4 aromatic rings. The van der Waals surface area contributed by atoms with Crippen LogP contribution in [0.2, 0.25) is 0 Å². The van der Waals surface area contributed by atoms with Crippen LogP contribution in [0.5, 0.6) is 0 Å². The van der Waals surface area contributed by atoms with Gasteiger partial charge >= 0.3 is 6.03 Å². The summed E-state index contributed by atoms with van der Waals surface area (Å²) in [5.74, 6) is 0.466. The van der Waals surface area contributed by atoms with Gasteiger partial charge in [-0.15, -0.1) is 22.7 Å². The van der Waals surface area contributed by atoms with Crippen LogP contribution in [0.1, 0.15) is 21.1 Å². The zero-order valence-corrected chi connectivity index (χ0v) is 17.6. The minimum absolute atomic E-state index is 0.204. The summed E-state index contributed by atoms with van der Waals surface area (Å²) in [5.41, 5.74) is 1.94. The third-order valence-electron chi connectivity index (χ3n) is 4.14. The van der Waals surface area contributed by atoms with Crippen molar-refractivity contribution in [2.75, 3.05) is 10.6 Å². The van der Waals surface area contributed by atoms with Gasteiger partial charge in [-0.2, -0.15) is 0 Å². The number of urea groups is 1. The van der Waals surface area contributed by atoms with Crippen LogP contribution in [0.4, 0.5) is 16.2 Å². The van der Waals surface area contributed by atoms with Crippen LogP contribution < -0.4 is 16.0 Å². The van der Waals surface area contributed by atoms with Gasteiger partial charge < -0.3 is 20.4 Å². The number of benzene rings is 1. The number of thiazole rings is 1. The van der Waals surface area contributed by atoms with E-state index in [1.165, 1.54) is 11.3 Å². The molecule has 0 atom stereocenters. The number of nitrogens with zero attached hydrogens (tertiary/aromatic N) is 1. The van der Waals surface area contributed by atoms with Crippen molar-refractivity contribution in [3.8, 4) is 9.88 Å². The topological polar surface area (TPSA) is 96.3 Å². The molecule has 0 unspecified atom stereocenters. The number of carbonyl (C=O) groups excluding carboxylic acids is 2. The van der Waals surface area contributed by atoms with Crippen molar-refractivity contribution < 1.29 is 14.0 Å². The zero-order chi connectivity index (χ0) is 20.9. The Bertz CT molecular complexity index is 1130. The molecule has 0 bridgehead atoms. The number of hydrogen-bond acceptors (Lipinski definition) is 6. The highest BCUT2D eigenvalue weighted by Crippen LogP contribution is 2.31. The fraction of sp³-hybridized carbons (Fsp3) is 0.0952. The number of carbonyl (C=O) groups is 2. The van der Waals surface area contributed by atoms with E-state index in [-0.39, 0.29) is 11.9 Å². The summed E-state index contributed by atoms with van der Waals surface area (Å²) < 4.78 is 5.17. The summed E-state index contributed by atoms with van der Waals surface area (Å²) in [6, 6.07) is 14.1. The molecule has 0 saturated carbocycles. The number of aromatic nitrogens is 1. The van der Waals surface area contributed by atoms with Gasteiger partial charge in [0.2, 0.25) is 0 Å². The highest BCUT2D eigenvalue weighted by molar-refractivity contribution is 7.22. The number of anilines is 2. The lowest BCUT2D eigenvalue weighted by Crippen LogP contribution is -2.27. The van der Waals surface area contributed by atoms with Crippen molar-refractivity contribution >= 4 is 46.0 Å². The Balaban J connectivity index is 1.34. The fourth-order valence-electron chi connectivity index (χ4n) is 2.69. The van der Waals surface area contributed by atoms with Crippen molar-refractivity contribution in [2.24, 2.45) is 0 Å². The van der Waals surface area contributed by atoms with Gasteiger partial charge in [0, 0.05) is 11.4 Å². The van der Waals surface area contributed by atoms with Crippen LogP contribution in [-0.2, 0) is 6.54 Å². The van der Waals surface area contributed by atoms with Crippen LogP contribution in [0.15, 0.2) is 64.6 Å². The van der Waals surface area contributed by atoms with Gasteiger partial charge in [0.25, 0.3) is 5.91 Å². The molecule has 0 aliphatic heterocycles. The van der Waals surface area contributed by atoms with Crippen molar-refractivity contribution in [2.45, 2.75) is 13.5 Å². The molecule has 0 aliphatic rings. The quantitative estimate of drug-likeness (QED) is 0.378. The first kappa shape index (κ1) is 19.9. The number of aryl methyl sites for hydroxylation is 1. The average molecular weight is 439 g/mol. The van der Waals surface area contributed by atoms with E-state index in [4.69, 9.17) is 4.42 Å². The molecule has 3 N–H and O–H groups in total. The molecule has 1 aromatic carbocycles. The van der Waals surface area contributed by atoms with Gasteiger partial charge in [0.1, 0.15) is 15.6 Å². The van der Waals surface area contributed by atoms with Crippen LogP contribution in [-0.4, -0.2) is 16.9 Å². The number of furan rings is 1. The second-order valence-electron chi connectivity index (χ2n) is 6.33. The number of amides is 3. The molecule has 152 valence electrons. The van der Waals surface area contributed by atoms with E-state index in [1.807, 2.05) is 24.4 Å². The molecule has 3 heterocycles. The summed E-state index contributed by atoms with van der Waals surface area (Å²) in [7, 11) is 0. The Kier molecular flexibility index (Phi) is 5.92. The fourth-order valence-corrected chi connectivity index (χ4v) is 4.45. The molecule has 7 nitrogen and oxygen atoms in total. The number of thiophene rings is 1. The maximum Gasteiger partial charge on any atom is 0.319 e. The lowest BCUT2D eigenvalue weighted by molar-refractivity contribution is 0.103. The van der Waals surface area contributed by atoms with E-state index in [2.05, 4.69) is 20.9 Å². The largest absolute Gasteiger partial charge is 0.467 e. The Morgan fingerprint density at radius 2 is 1.80 bits per heavy atom. The molecule has 0 spiro atoms. The van der Waals surface area contributed by atoms with Gasteiger partial charge in [-0.1, -0.05) is 6.07 Å². The average Bonchev–Trinajstić information content (AvgIpc) is 3.49. The molecular formula is C21H18N4O3S2. The molecule has 0 aliphatic carbocycles. The van der Waals surface area contributed by atoms with Crippen LogP contribution >= 0.6 is 22.7 Å². The Morgan fingerprint density at radius 1 is 1.03 bits per heavy atom. The lowest BCUT2D eigenvalue weighted by atomic mass is 10.2. The molecule has 4 rings (SSSR count). The van der Waals surface area contributed by atoms with E-state index in [9.17, 15) is 9.59 Å². The predicted octanol–water partition coefficient (Wildman–Crippen LogP) is 5.35. The summed E-state index contributed by atoms with van der Waals surface area (Å²) in [4.78, 5) is 30.7. The molecule has 0 saturated heterocycles. The monoisotopic (exact) mass is 438 g/mol. The summed E-state index contributed by atoms with van der Waals surface area (Å²) in [6.07, 6.45) is 1.55. The Morgan fingerprint density at radius 3 is 2.47 bits per heavy atom. The molecular weight excluding hydrogens is 420 g/mol. The lowest BCUT2D eigenvalue weighted by Gasteiger charge is -2.08.